The maximum absolute atomic E-state index is 12.6. The summed E-state index contributed by atoms with van der Waals surface area (Å²) in [6.45, 7) is 1.78. The summed E-state index contributed by atoms with van der Waals surface area (Å²) in [6.07, 6.45) is 2.48. The van der Waals surface area contributed by atoms with Crippen LogP contribution in [0.2, 0.25) is 0 Å². The quantitative estimate of drug-likeness (QED) is 0.741. The number of hydrogen-bond acceptors (Lipinski definition) is 6. The van der Waals surface area contributed by atoms with Crippen molar-refractivity contribution < 1.29 is 22.8 Å². The van der Waals surface area contributed by atoms with Crippen LogP contribution in [0, 0.1) is 5.92 Å². The molecule has 0 spiro atoms. The van der Waals surface area contributed by atoms with Crippen LogP contribution < -0.4 is 10.1 Å². The molecule has 28 heavy (non-hydrogen) atoms. The zero-order valence-corrected chi connectivity index (χ0v) is 15.7. The van der Waals surface area contributed by atoms with Crippen LogP contribution in [0.3, 0.4) is 0 Å². The van der Waals surface area contributed by atoms with Gasteiger partial charge in [0.1, 0.15) is 5.75 Å². The Morgan fingerprint density at radius 2 is 2.11 bits per heavy atom. The van der Waals surface area contributed by atoms with Crippen LogP contribution in [-0.2, 0) is 11.3 Å². The molecule has 0 unspecified atom stereocenters. The van der Waals surface area contributed by atoms with Gasteiger partial charge in [-0.25, -0.2) is 0 Å². The largest absolute Gasteiger partial charge is 0.434 e. The number of nitrogens with zero attached hydrogens (tertiary/aromatic N) is 3. The summed E-state index contributed by atoms with van der Waals surface area (Å²) in [7, 11) is 0. The number of nitrogens with one attached hydrogen (secondary N) is 1. The van der Waals surface area contributed by atoms with Crippen LogP contribution >= 0.6 is 0 Å². The zero-order valence-electron chi connectivity index (χ0n) is 15.7. The molecule has 0 bridgehead atoms. The van der Waals surface area contributed by atoms with Crippen molar-refractivity contribution >= 4 is 5.91 Å². The molecular weight excluding hydrogens is 370 g/mol. The molecule has 2 heterocycles. The van der Waals surface area contributed by atoms with E-state index in [2.05, 4.69) is 25.1 Å². The number of amides is 1. The number of carbonyl (C=O) groups is 1. The predicted molar refractivity (Wildman–Crippen MR) is 97.7 cm³/mol. The van der Waals surface area contributed by atoms with Crippen molar-refractivity contribution in [2.45, 2.75) is 39.3 Å². The Morgan fingerprint density at radius 1 is 1.36 bits per heavy atom. The number of rotatable bonds is 8. The minimum atomic E-state index is -2.93. The SMILES string of the molecule is CCCNC(=O)C1CCN(Cc2nc(-c3ccccc3OC(F)F)no2)CC1. The Kier molecular flexibility index (Phi) is 6.91. The van der Waals surface area contributed by atoms with Crippen LogP contribution in [-0.4, -0.2) is 47.2 Å². The summed E-state index contributed by atoms with van der Waals surface area (Å²) >= 11 is 0. The molecule has 1 aliphatic rings. The first-order valence-corrected chi connectivity index (χ1v) is 9.43. The first-order valence-electron chi connectivity index (χ1n) is 9.43. The van der Waals surface area contributed by atoms with Gasteiger partial charge in [-0.15, -0.1) is 0 Å². The maximum atomic E-state index is 12.6. The van der Waals surface area contributed by atoms with Gasteiger partial charge >= 0.3 is 6.61 Å². The summed E-state index contributed by atoms with van der Waals surface area (Å²) in [5.74, 6) is 0.774. The number of alkyl halides is 2. The first-order chi connectivity index (χ1) is 13.6. The number of halogens is 2. The highest BCUT2D eigenvalue weighted by Crippen LogP contribution is 2.29. The molecular formula is C19H24F2N4O3. The molecule has 7 nitrogen and oxygen atoms in total. The number of piperidine rings is 1. The molecule has 1 saturated heterocycles. The summed E-state index contributed by atoms with van der Waals surface area (Å²) in [6, 6.07) is 6.33. The zero-order chi connectivity index (χ0) is 19.9. The minimum Gasteiger partial charge on any atom is -0.434 e. The van der Waals surface area contributed by atoms with Crippen molar-refractivity contribution in [1.82, 2.24) is 20.4 Å². The molecule has 3 rings (SSSR count). The summed E-state index contributed by atoms with van der Waals surface area (Å²) in [5.41, 5.74) is 0.351. The van der Waals surface area contributed by atoms with Gasteiger partial charge in [-0.2, -0.15) is 13.8 Å². The van der Waals surface area contributed by atoms with Crippen molar-refractivity contribution in [3.63, 3.8) is 0 Å². The summed E-state index contributed by atoms with van der Waals surface area (Å²) < 4.78 is 34.9. The van der Waals surface area contributed by atoms with Gasteiger partial charge in [-0.3, -0.25) is 9.69 Å². The van der Waals surface area contributed by atoms with Crippen LogP contribution in [0.4, 0.5) is 8.78 Å². The summed E-state index contributed by atoms with van der Waals surface area (Å²) in [4.78, 5) is 18.5. The molecule has 1 amide bonds. The third kappa shape index (κ3) is 5.25. The van der Waals surface area contributed by atoms with Gasteiger partial charge in [0.15, 0.2) is 0 Å². The van der Waals surface area contributed by atoms with E-state index in [1.165, 1.54) is 6.07 Å². The Morgan fingerprint density at radius 3 is 2.82 bits per heavy atom. The van der Waals surface area contributed by atoms with E-state index in [4.69, 9.17) is 4.52 Å². The van der Waals surface area contributed by atoms with Crippen LogP contribution in [0.15, 0.2) is 28.8 Å². The van der Waals surface area contributed by atoms with Gasteiger partial charge in [0.2, 0.25) is 17.6 Å². The van der Waals surface area contributed by atoms with Crippen molar-refractivity contribution in [2.75, 3.05) is 19.6 Å². The lowest BCUT2D eigenvalue weighted by atomic mass is 9.96. The summed E-state index contributed by atoms with van der Waals surface area (Å²) in [5, 5.41) is 6.84. The van der Waals surface area contributed by atoms with Gasteiger partial charge in [-0.1, -0.05) is 24.2 Å². The Bertz CT molecular complexity index is 776. The Hall–Kier alpha value is -2.55. The topological polar surface area (TPSA) is 80.5 Å². The normalized spacial score (nSPS) is 15.7. The van der Waals surface area contributed by atoms with Gasteiger partial charge < -0.3 is 14.6 Å². The second-order valence-corrected chi connectivity index (χ2v) is 6.73. The first kappa shape index (κ1) is 20.2. The second-order valence-electron chi connectivity index (χ2n) is 6.73. The monoisotopic (exact) mass is 394 g/mol. The van der Waals surface area contributed by atoms with Crippen LogP contribution in [0.5, 0.6) is 5.75 Å². The van der Waals surface area contributed by atoms with Crippen LogP contribution in [0.1, 0.15) is 32.1 Å². The average molecular weight is 394 g/mol. The number of para-hydroxylation sites is 1. The van der Waals surface area contributed by atoms with E-state index in [-0.39, 0.29) is 23.4 Å². The van der Waals surface area contributed by atoms with Gasteiger partial charge in [-0.05, 0) is 44.5 Å². The fourth-order valence-electron chi connectivity index (χ4n) is 3.22. The molecule has 0 radical (unpaired) electrons. The minimum absolute atomic E-state index is 0.00348. The third-order valence-electron chi connectivity index (χ3n) is 4.68. The standard InChI is InChI=1S/C19H24F2N4O3/c1-2-9-22-18(26)13-7-10-25(11-8-13)12-16-23-17(24-28-16)14-5-3-4-6-15(14)27-19(20)21/h3-6,13,19H,2,7-12H2,1H3,(H,22,26). The molecule has 1 aliphatic heterocycles. The van der Waals surface area contributed by atoms with Gasteiger partial charge in [0.25, 0.3) is 0 Å². The van der Waals surface area contributed by atoms with E-state index in [0.717, 1.165) is 32.4 Å². The van der Waals surface area contributed by atoms with E-state index in [1.54, 1.807) is 18.2 Å². The lowest BCUT2D eigenvalue weighted by Crippen LogP contribution is -2.40. The van der Waals surface area contributed by atoms with Crippen molar-refractivity contribution in [3.8, 4) is 17.1 Å². The number of benzene rings is 1. The van der Waals surface area contributed by atoms with E-state index < -0.39 is 6.61 Å². The van der Waals surface area contributed by atoms with E-state index in [9.17, 15) is 13.6 Å². The number of hydrogen-bond donors (Lipinski definition) is 1. The van der Waals surface area contributed by atoms with Gasteiger partial charge in [0.05, 0.1) is 12.1 Å². The lowest BCUT2D eigenvalue weighted by molar-refractivity contribution is -0.126. The smallest absolute Gasteiger partial charge is 0.387 e. The third-order valence-corrected chi connectivity index (χ3v) is 4.68. The van der Waals surface area contributed by atoms with Crippen molar-refractivity contribution in [2.24, 2.45) is 5.92 Å². The van der Waals surface area contributed by atoms with E-state index >= 15 is 0 Å². The molecule has 1 aromatic carbocycles. The number of likely N-dealkylation sites (tertiary alicyclic amines) is 1. The maximum Gasteiger partial charge on any atom is 0.387 e. The van der Waals surface area contributed by atoms with Crippen LogP contribution in [0.25, 0.3) is 11.4 Å². The van der Waals surface area contributed by atoms with E-state index in [1.807, 2.05) is 6.92 Å². The highest BCUT2D eigenvalue weighted by atomic mass is 19.3. The number of aromatic nitrogens is 2. The van der Waals surface area contributed by atoms with E-state index in [0.29, 0.717) is 24.5 Å². The molecule has 1 fully saturated rings. The molecule has 1 N–H and O–H groups in total. The lowest BCUT2D eigenvalue weighted by Gasteiger charge is -2.30. The predicted octanol–water partition coefficient (Wildman–Crippen LogP) is 3.08. The molecule has 0 aliphatic carbocycles. The molecule has 2 aromatic rings. The highest BCUT2D eigenvalue weighted by molar-refractivity contribution is 5.78. The van der Waals surface area contributed by atoms with Gasteiger partial charge in [0, 0.05) is 12.5 Å². The Balaban J connectivity index is 1.57. The second kappa shape index (κ2) is 9.59. The fourth-order valence-corrected chi connectivity index (χ4v) is 3.22. The molecule has 0 atom stereocenters. The Labute approximate surface area is 162 Å². The van der Waals surface area contributed by atoms with Crippen molar-refractivity contribution in [3.05, 3.63) is 30.2 Å². The average Bonchev–Trinajstić information content (AvgIpc) is 3.15. The molecule has 152 valence electrons. The molecule has 9 heteroatoms. The molecule has 1 aromatic heterocycles. The number of carbonyl (C=O) groups excluding carboxylic acids is 1. The molecule has 0 saturated carbocycles. The fraction of sp³-hybridized carbons (Fsp3) is 0.526. The number of ether oxygens (including phenoxy) is 1. The van der Waals surface area contributed by atoms with Crippen molar-refractivity contribution in [1.29, 1.82) is 0 Å². The highest BCUT2D eigenvalue weighted by Gasteiger charge is 2.26.